The van der Waals surface area contributed by atoms with Crippen LogP contribution in [0.5, 0.6) is 0 Å². The third-order valence-corrected chi connectivity index (χ3v) is 2.84. The van der Waals surface area contributed by atoms with E-state index < -0.39 is 0 Å². The van der Waals surface area contributed by atoms with Crippen LogP contribution in [0.1, 0.15) is 46.5 Å². The van der Waals surface area contributed by atoms with E-state index in [9.17, 15) is 0 Å². The quantitative estimate of drug-likeness (QED) is 0.486. The Hall–Kier alpha value is -0.260. The Morgan fingerprint density at radius 1 is 1.50 bits per heavy atom. The highest BCUT2D eigenvalue weighted by Gasteiger charge is 2.13. The Bertz CT molecular complexity index is 142. The van der Waals surface area contributed by atoms with Gasteiger partial charge in [-0.15, -0.1) is 0 Å². The van der Waals surface area contributed by atoms with Gasteiger partial charge in [0.2, 0.25) is 0 Å². The van der Waals surface area contributed by atoms with Crippen molar-refractivity contribution in [1.82, 2.24) is 0 Å². The fourth-order valence-corrected chi connectivity index (χ4v) is 1.84. The maximum absolute atomic E-state index is 2.35. The highest BCUT2D eigenvalue weighted by atomic mass is 14.2. The molecule has 0 fully saturated rings. The van der Waals surface area contributed by atoms with Crippen molar-refractivity contribution in [3.63, 3.8) is 0 Å². The number of allylic oxidation sites excluding steroid dienone is 2. The summed E-state index contributed by atoms with van der Waals surface area (Å²) in [4.78, 5) is 0. The summed E-state index contributed by atoms with van der Waals surface area (Å²) in [5, 5.41) is 0. The summed E-state index contributed by atoms with van der Waals surface area (Å²) in [5.74, 6) is 0.865. The van der Waals surface area contributed by atoms with Crippen LogP contribution in [0.15, 0.2) is 11.1 Å². The molecule has 0 radical (unpaired) electrons. The van der Waals surface area contributed by atoms with Crippen molar-refractivity contribution in [2.24, 2.45) is 5.92 Å². The average molecular weight is 138 g/mol. The lowest BCUT2D eigenvalue weighted by Gasteiger charge is -2.22. The monoisotopic (exact) mass is 138 g/mol. The third kappa shape index (κ3) is 1.42. The van der Waals surface area contributed by atoms with Gasteiger partial charge in [-0.05, 0) is 38.5 Å². The van der Waals surface area contributed by atoms with E-state index in [0.717, 1.165) is 5.92 Å². The highest BCUT2D eigenvalue weighted by molar-refractivity contribution is 5.16. The molecule has 1 rings (SSSR count). The minimum atomic E-state index is 0.865. The fraction of sp³-hybridized carbons (Fsp3) is 0.800. The minimum absolute atomic E-state index is 0.865. The first-order valence-corrected chi connectivity index (χ1v) is 4.44. The van der Waals surface area contributed by atoms with E-state index in [1.807, 2.05) is 0 Å². The number of hydrogen-bond donors (Lipinski definition) is 0. The Balaban J connectivity index is 2.72. The number of rotatable bonds is 1. The van der Waals surface area contributed by atoms with Crippen molar-refractivity contribution in [3.05, 3.63) is 11.1 Å². The molecule has 0 amide bonds. The van der Waals surface area contributed by atoms with E-state index in [1.165, 1.54) is 25.7 Å². The van der Waals surface area contributed by atoms with Gasteiger partial charge in [-0.1, -0.05) is 25.0 Å². The largest absolute Gasteiger partial charge is 0.0713 e. The SMILES string of the molecule is CCC1=C(C)C(C)CCC1. The molecule has 0 aromatic rings. The third-order valence-electron chi connectivity index (χ3n) is 2.84. The lowest BCUT2D eigenvalue weighted by atomic mass is 9.84. The topological polar surface area (TPSA) is 0 Å². The van der Waals surface area contributed by atoms with E-state index in [4.69, 9.17) is 0 Å². The molecule has 0 spiro atoms. The molecule has 0 N–H and O–H groups in total. The van der Waals surface area contributed by atoms with Crippen molar-refractivity contribution >= 4 is 0 Å². The van der Waals surface area contributed by atoms with Crippen LogP contribution in [0.3, 0.4) is 0 Å². The molecule has 1 unspecified atom stereocenters. The molecule has 1 aliphatic carbocycles. The molecule has 1 atom stereocenters. The van der Waals surface area contributed by atoms with Gasteiger partial charge in [0.25, 0.3) is 0 Å². The first-order valence-electron chi connectivity index (χ1n) is 4.44. The Morgan fingerprint density at radius 2 is 2.20 bits per heavy atom. The van der Waals surface area contributed by atoms with E-state index in [-0.39, 0.29) is 0 Å². The molecule has 0 saturated carbocycles. The molecule has 0 saturated heterocycles. The van der Waals surface area contributed by atoms with Crippen LogP contribution >= 0.6 is 0 Å². The predicted octanol–water partition coefficient (Wildman–Crippen LogP) is 3.53. The molecular formula is C10H18. The molecule has 58 valence electrons. The van der Waals surface area contributed by atoms with Gasteiger partial charge in [0.15, 0.2) is 0 Å². The average Bonchev–Trinajstić information content (AvgIpc) is 1.95. The lowest BCUT2D eigenvalue weighted by molar-refractivity contribution is 0.527. The first kappa shape index (κ1) is 7.84. The highest BCUT2D eigenvalue weighted by Crippen LogP contribution is 2.30. The Labute approximate surface area is 64.3 Å². The maximum Gasteiger partial charge on any atom is -0.0232 e. The molecule has 0 aliphatic heterocycles. The van der Waals surface area contributed by atoms with E-state index >= 15 is 0 Å². The zero-order valence-corrected chi connectivity index (χ0v) is 7.41. The van der Waals surface area contributed by atoms with Gasteiger partial charge >= 0.3 is 0 Å². The van der Waals surface area contributed by atoms with Gasteiger partial charge in [0, 0.05) is 0 Å². The zero-order valence-electron chi connectivity index (χ0n) is 7.41. The standard InChI is InChI=1S/C10H18/c1-4-10-7-5-6-8(2)9(10)3/h8H,4-7H2,1-3H3. The molecule has 1 aliphatic rings. The molecule has 0 bridgehead atoms. The van der Waals surface area contributed by atoms with Crippen LogP contribution < -0.4 is 0 Å². The summed E-state index contributed by atoms with van der Waals surface area (Å²) in [7, 11) is 0. The summed E-state index contributed by atoms with van der Waals surface area (Å²) in [6, 6.07) is 0. The fourth-order valence-electron chi connectivity index (χ4n) is 1.84. The second-order valence-electron chi connectivity index (χ2n) is 3.43. The predicted molar refractivity (Wildman–Crippen MR) is 46.0 cm³/mol. The molecule has 0 heterocycles. The van der Waals surface area contributed by atoms with Gasteiger partial charge in [0.1, 0.15) is 0 Å². The normalized spacial score (nSPS) is 27.3. The molecule has 0 aromatic carbocycles. The van der Waals surface area contributed by atoms with Crippen LogP contribution in [0, 0.1) is 5.92 Å². The molecule has 0 aromatic heterocycles. The van der Waals surface area contributed by atoms with Crippen molar-refractivity contribution in [1.29, 1.82) is 0 Å². The Morgan fingerprint density at radius 3 is 2.70 bits per heavy atom. The van der Waals surface area contributed by atoms with Crippen LogP contribution in [0.2, 0.25) is 0 Å². The second-order valence-corrected chi connectivity index (χ2v) is 3.43. The van der Waals surface area contributed by atoms with E-state index in [1.54, 1.807) is 11.1 Å². The maximum atomic E-state index is 2.35. The molecule has 0 nitrogen and oxygen atoms in total. The van der Waals surface area contributed by atoms with E-state index in [2.05, 4.69) is 20.8 Å². The zero-order chi connectivity index (χ0) is 7.56. The molecule has 10 heavy (non-hydrogen) atoms. The van der Waals surface area contributed by atoms with Crippen LogP contribution in [0.4, 0.5) is 0 Å². The van der Waals surface area contributed by atoms with Crippen molar-refractivity contribution in [2.75, 3.05) is 0 Å². The van der Waals surface area contributed by atoms with Gasteiger partial charge < -0.3 is 0 Å². The van der Waals surface area contributed by atoms with Gasteiger partial charge in [-0.25, -0.2) is 0 Å². The van der Waals surface area contributed by atoms with Gasteiger partial charge in [0.05, 0.1) is 0 Å². The van der Waals surface area contributed by atoms with E-state index in [0.29, 0.717) is 0 Å². The summed E-state index contributed by atoms with van der Waals surface area (Å²) in [5.41, 5.74) is 3.40. The minimum Gasteiger partial charge on any atom is -0.0713 e. The van der Waals surface area contributed by atoms with Gasteiger partial charge in [-0.3, -0.25) is 0 Å². The second kappa shape index (κ2) is 3.23. The van der Waals surface area contributed by atoms with Crippen LogP contribution in [-0.4, -0.2) is 0 Å². The first-order chi connectivity index (χ1) is 4.75. The lowest BCUT2D eigenvalue weighted by Crippen LogP contribution is -2.06. The Kier molecular flexibility index (Phi) is 2.53. The number of hydrogen-bond acceptors (Lipinski definition) is 0. The van der Waals surface area contributed by atoms with Crippen molar-refractivity contribution < 1.29 is 0 Å². The summed E-state index contributed by atoms with van der Waals surface area (Å²) in [6.07, 6.45) is 5.47. The van der Waals surface area contributed by atoms with Crippen LogP contribution in [-0.2, 0) is 0 Å². The molecule has 0 heteroatoms. The van der Waals surface area contributed by atoms with Crippen molar-refractivity contribution in [2.45, 2.75) is 46.5 Å². The van der Waals surface area contributed by atoms with Crippen LogP contribution in [0.25, 0.3) is 0 Å². The summed E-state index contributed by atoms with van der Waals surface area (Å²) >= 11 is 0. The molecular weight excluding hydrogens is 120 g/mol. The summed E-state index contributed by atoms with van der Waals surface area (Å²) in [6.45, 7) is 6.93. The van der Waals surface area contributed by atoms with Gasteiger partial charge in [-0.2, -0.15) is 0 Å². The van der Waals surface area contributed by atoms with Crippen molar-refractivity contribution in [3.8, 4) is 0 Å². The summed E-state index contributed by atoms with van der Waals surface area (Å²) < 4.78 is 0. The smallest absolute Gasteiger partial charge is 0.0232 e.